The lowest BCUT2D eigenvalue weighted by atomic mass is 9.84. The summed E-state index contributed by atoms with van der Waals surface area (Å²) in [6.45, 7) is 4.15. The molecule has 16 heavy (non-hydrogen) atoms. The number of anilines is 1. The lowest BCUT2D eigenvalue weighted by Gasteiger charge is -2.23. The highest BCUT2D eigenvalue weighted by molar-refractivity contribution is 9.10. The fourth-order valence-electron chi connectivity index (χ4n) is 1.65. The topological polar surface area (TPSA) is 67.6 Å². The van der Waals surface area contributed by atoms with Crippen molar-refractivity contribution >= 4 is 21.9 Å². The van der Waals surface area contributed by atoms with Gasteiger partial charge in [-0.05, 0) is 25.5 Å². The van der Waals surface area contributed by atoms with E-state index >= 15 is 0 Å². The quantitative estimate of drug-likeness (QED) is 0.888. The van der Waals surface area contributed by atoms with E-state index in [9.17, 15) is 0 Å². The van der Waals surface area contributed by atoms with Crippen molar-refractivity contribution in [1.82, 2.24) is 15.2 Å². The number of H-pyrrole nitrogens is 1. The first kappa shape index (κ1) is 11.1. The van der Waals surface area contributed by atoms with Gasteiger partial charge in [-0.2, -0.15) is 4.98 Å². The summed E-state index contributed by atoms with van der Waals surface area (Å²) in [6, 6.07) is 8.06. The molecule has 0 atom stereocenters. The van der Waals surface area contributed by atoms with Gasteiger partial charge >= 0.3 is 0 Å². The number of nitrogens with one attached hydrogen (secondary N) is 1. The third-order valence-corrected chi connectivity index (χ3v) is 3.33. The molecule has 0 spiro atoms. The third-order valence-electron chi connectivity index (χ3n) is 2.64. The Morgan fingerprint density at radius 3 is 2.56 bits per heavy atom. The highest BCUT2D eigenvalue weighted by Crippen LogP contribution is 2.33. The molecule has 0 aliphatic rings. The van der Waals surface area contributed by atoms with Crippen molar-refractivity contribution in [3.8, 4) is 0 Å². The molecule has 0 fully saturated rings. The molecule has 0 bridgehead atoms. The van der Waals surface area contributed by atoms with Crippen molar-refractivity contribution in [3.05, 3.63) is 40.1 Å². The molecule has 0 unspecified atom stereocenters. The van der Waals surface area contributed by atoms with Gasteiger partial charge in [0.1, 0.15) is 5.82 Å². The van der Waals surface area contributed by atoms with E-state index in [1.807, 2.05) is 18.2 Å². The molecule has 3 N–H and O–H groups in total. The monoisotopic (exact) mass is 280 g/mol. The molecular formula is C11H13BrN4. The molecule has 1 heterocycles. The number of rotatable bonds is 2. The van der Waals surface area contributed by atoms with Gasteiger partial charge in [-0.15, -0.1) is 5.10 Å². The number of halogens is 1. The molecule has 0 aliphatic carbocycles. The van der Waals surface area contributed by atoms with Gasteiger partial charge in [0.05, 0.1) is 5.41 Å². The second kappa shape index (κ2) is 3.90. The van der Waals surface area contributed by atoms with Crippen molar-refractivity contribution in [1.29, 1.82) is 0 Å². The van der Waals surface area contributed by atoms with Gasteiger partial charge in [0.15, 0.2) is 0 Å². The molecule has 4 nitrogen and oxygen atoms in total. The molecule has 0 saturated carbocycles. The highest BCUT2D eigenvalue weighted by atomic mass is 79.9. The minimum absolute atomic E-state index is 0.259. The summed E-state index contributed by atoms with van der Waals surface area (Å²) in [5.74, 6) is 1.03. The van der Waals surface area contributed by atoms with Gasteiger partial charge < -0.3 is 5.73 Å². The number of benzene rings is 1. The summed E-state index contributed by atoms with van der Waals surface area (Å²) in [5.41, 5.74) is 6.41. The van der Waals surface area contributed by atoms with Gasteiger partial charge in [0.2, 0.25) is 5.95 Å². The molecule has 2 aromatic rings. The van der Waals surface area contributed by atoms with Crippen molar-refractivity contribution in [2.75, 3.05) is 5.73 Å². The van der Waals surface area contributed by atoms with Crippen LogP contribution < -0.4 is 5.73 Å². The largest absolute Gasteiger partial charge is 0.367 e. The molecule has 0 amide bonds. The van der Waals surface area contributed by atoms with E-state index in [0.717, 1.165) is 15.9 Å². The summed E-state index contributed by atoms with van der Waals surface area (Å²) in [5, 5.41) is 6.73. The molecule has 2 rings (SSSR count). The Morgan fingerprint density at radius 1 is 1.31 bits per heavy atom. The first-order valence-corrected chi connectivity index (χ1v) is 5.74. The maximum absolute atomic E-state index is 5.53. The van der Waals surface area contributed by atoms with Crippen molar-refractivity contribution < 1.29 is 0 Å². The lowest BCUT2D eigenvalue weighted by molar-refractivity contribution is 0.591. The van der Waals surface area contributed by atoms with Crippen LogP contribution in [0.25, 0.3) is 0 Å². The van der Waals surface area contributed by atoms with Gasteiger partial charge in [-0.25, -0.2) is 0 Å². The normalized spacial score (nSPS) is 11.7. The number of hydrogen-bond acceptors (Lipinski definition) is 3. The van der Waals surface area contributed by atoms with Crippen molar-refractivity contribution in [2.24, 2.45) is 0 Å². The number of nitrogen functional groups attached to an aromatic ring is 1. The lowest BCUT2D eigenvalue weighted by Crippen LogP contribution is -2.21. The zero-order chi connectivity index (χ0) is 11.8. The predicted molar refractivity (Wildman–Crippen MR) is 67.1 cm³/mol. The first-order chi connectivity index (χ1) is 7.51. The summed E-state index contributed by atoms with van der Waals surface area (Å²) < 4.78 is 1.05. The molecule has 1 aromatic carbocycles. The Bertz CT molecular complexity index is 504. The number of hydrogen-bond donors (Lipinski definition) is 2. The van der Waals surface area contributed by atoms with Crippen LogP contribution >= 0.6 is 15.9 Å². The highest BCUT2D eigenvalue weighted by Gasteiger charge is 2.28. The van der Waals surface area contributed by atoms with Crippen molar-refractivity contribution in [2.45, 2.75) is 19.3 Å². The summed E-state index contributed by atoms with van der Waals surface area (Å²) in [4.78, 5) is 4.19. The number of nitrogens with zero attached hydrogens (tertiary/aromatic N) is 2. The van der Waals surface area contributed by atoms with Crippen LogP contribution in [0.1, 0.15) is 25.2 Å². The minimum atomic E-state index is -0.259. The molecule has 84 valence electrons. The SMILES string of the molecule is CC(C)(c1nc(N)n[nH]1)c1ccccc1Br. The maximum Gasteiger partial charge on any atom is 0.239 e. The average molecular weight is 281 g/mol. The predicted octanol–water partition coefficient (Wildman–Crippen LogP) is 2.48. The Kier molecular flexibility index (Phi) is 2.71. The summed E-state index contributed by atoms with van der Waals surface area (Å²) >= 11 is 3.54. The first-order valence-electron chi connectivity index (χ1n) is 4.95. The molecular weight excluding hydrogens is 268 g/mol. The van der Waals surface area contributed by atoms with Gasteiger partial charge in [0.25, 0.3) is 0 Å². The van der Waals surface area contributed by atoms with E-state index in [4.69, 9.17) is 5.73 Å². The summed E-state index contributed by atoms with van der Waals surface area (Å²) in [6.07, 6.45) is 0. The second-order valence-electron chi connectivity index (χ2n) is 4.15. The zero-order valence-electron chi connectivity index (χ0n) is 9.16. The van der Waals surface area contributed by atoms with E-state index in [1.54, 1.807) is 0 Å². The van der Waals surface area contributed by atoms with Gasteiger partial charge in [-0.1, -0.05) is 34.1 Å². The minimum Gasteiger partial charge on any atom is -0.367 e. The van der Waals surface area contributed by atoms with Crippen LogP contribution in [0.3, 0.4) is 0 Å². The van der Waals surface area contributed by atoms with Crippen molar-refractivity contribution in [3.63, 3.8) is 0 Å². The molecule has 0 radical (unpaired) electrons. The molecule has 1 aromatic heterocycles. The van der Waals surface area contributed by atoms with Crippen LogP contribution in [-0.4, -0.2) is 15.2 Å². The van der Waals surface area contributed by atoms with E-state index < -0.39 is 0 Å². The van der Waals surface area contributed by atoms with Crippen LogP contribution in [0, 0.1) is 0 Å². The van der Waals surface area contributed by atoms with Crippen LogP contribution in [0.4, 0.5) is 5.95 Å². The Labute approximate surface area is 102 Å². The number of aromatic nitrogens is 3. The van der Waals surface area contributed by atoms with Crippen LogP contribution in [0.5, 0.6) is 0 Å². The van der Waals surface area contributed by atoms with E-state index in [2.05, 4.69) is 51.0 Å². The molecule has 5 heteroatoms. The molecule has 0 aliphatic heterocycles. The standard InChI is InChI=1S/C11H13BrN4/c1-11(2,9-14-10(13)16-15-9)7-5-3-4-6-8(7)12/h3-6H,1-2H3,(H3,13,14,15,16). The smallest absolute Gasteiger partial charge is 0.239 e. The molecule has 0 saturated heterocycles. The summed E-state index contributed by atoms with van der Waals surface area (Å²) in [7, 11) is 0. The fraction of sp³-hybridized carbons (Fsp3) is 0.273. The fourth-order valence-corrected chi connectivity index (χ4v) is 2.43. The van der Waals surface area contributed by atoms with E-state index in [-0.39, 0.29) is 11.4 Å². The number of nitrogens with two attached hydrogens (primary N) is 1. The third kappa shape index (κ3) is 1.82. The number of aromatic amines is 1. The zero-order valence-corrected chi connectivity index (χ0v) is 10.7. The Morgan fingerprint density at radius 2 is 2.00 bits per heavy atom. The Balaban J connectivity index is 2.50. The van der Waals surface area contributed by atoms with Gasteiger partial charge in [-0.3, -0.25) is 5.10 Å². The Hall–Kier alpha value is -1.36. The second-order valence-corrected chi connectivity index (χ2v) is 5.00. The van der Waals surface area contributed by atoms with E-state index in [1.165, 1.54) is 0 Å². The van der Waals surface area contributed by atoms with Crippen LogP contribution in [-0.2, 0) is 5.41 Å². The van der Waals surface area contributed by atoms with Gasteiger partial charge in [0, 0.05) is 4.47 Å². The van der Waals surface area contributed by atoms with Crippen LogP contribution in [0.15, 0.2) is 28.7 Å². The maximum atomic E-state index is 5.53. The van der Waals surface area contributed by atoms with E-state index in [0.29, 0.717) is 0 Å². The van der Waals surface area contributed by atoms with Crippen LogP contribution in [0.2, 0.25) is 0 Å². The average Bonchev–Trinajstić information content (AvgIpc) is 2.66.